The number of aromatic nitrogens is 1. The Labute approximate surface area is 137 Å². The first kappa shape index (κ1) is 15.5. The summed E-state index contributed by atoms with van der Waals surface area (Å²) in [6, 6.07) is 12.8. The number of rotatable bonds is 3. The maximum Gasteiger partial charge on any atom is 0.271 e. The molecule has 2 aromatic carbocycles. The zero-order valence-electron chi connectivity index (χ0n) is 12.9. The standard InChI is InChI=1S/C18H15N3O3/c1-11-7-17(23)15-9-13(5-6-16(15)20-11)18(24)21-19-10-12-3-2-4-14(22)8-12/h2-10,22H,1H3,(H,20,23)(H,21,24). The van der Waals surface area contributed by atoms with Crippen LogP contribution in [0.5, 0.6) is 5.75 Å². The van der Waals surface area contributed by atoms with Crippen molar-refractivity contribution in [2.45, 2.75) is 6.92 Å². The van der Waals surface area contributed by atoms with Gasteiger partial charge in [0.25, 0.3) is 5.91 Å². The second-order valence-corrected chi connectivity index (χ2v) is 5.37. The number of benzene rings is 2. The lowest BCUT2D eigenvalue weighted by atomic mass is 10.1. The molecule has 120 valence electrons. The predicted octanol–water partition coefficient (Wildman–Crippen LogP) is 2.31. The van der Waals surface area contributed by atoms with Gasteiger partial charge in [0.1, 0.15) is 5.75 Å². The highest BCUT2D eigenvalue weighted by molar-refractivity contribution is 5.98. The van der Waals surface area contributed by atoms with Gasteiger partial charge in [0.05, 0.1) is 6.21 Å². The number of carbonyl (C=O) groups is 1. The number of amides is 1. The maximum atomic E-state index is 12.1. The van der Waals surface area contributed by atoms with E-state index in [1.807, 2.05) is 0 Å². The summed E-state index contributed by atoms with van der Waals surface area (Å²) in [7, 11) is 0. The van der Waals surface area contributed by atoms with Gasteiger partial charge in [-0.15, -0.1) is 0 Å². The molecule has 0 aliphatic rings. The second kappa shape index (κ2) is 6.37. The van der Waals surface area contributed by atoms with Crippen molar-refractivity contribution in [3.63, 3.8) is 0 Å². The van der Waals surface area contributed by atoms with Gasteiger partial charge < -0.3 is 10.1 Å². The third kappa shape index (κ3) is 3.33. The number of pyridine rings is 1. The van der Waals surface area contributed by atoms with Crippen molar-refractivity contribution >= 4 is 23.0 Å². The summed E-state index contributed by atoms with van der Waals surface area (Å²) in [5.41, 5.74) is 4.70. The van der Waals surface area contributed by atoms with E-state index >= 15 is 0 Å². The Morgan fingerprint density at radius 1 is 1.21 bits per heavy atom. The molecule has 0 spiro atoms. The molecule has 3 aromatic rings. The van der Waals surface area contributed by atoms with Crippen LogP contribution in [0.4, 0.5) is 0 Å². The van der Waals surface area contributed by atoms with Gasteiger partial charge in [0, 0.05) is 28.2 Å². The summed E-state index contributed by atoms with van der Waals surface area (Å²) in [6.45, 7) is 1.80. The number of carbonyl (C=O) groups excluding carboxylic acids is 1. The SMILES string of the molecule is Cc1cc(=O)c2cc(C(=O)NN=Cc3cccc(O)c3)ccc2[nH]1. The van der Waals surface area contributed by atoms with Crippen molar-refractivity contribution in [2.24, 2.45) is 5.10 Å². The van der Waals surface area contributed by atoms with E-state index < -0.39 is 5.91 Å². The molecule has 1 aromatic heterocycles. The third-order valence-electron chi connectivity index (χ3n) is 3.48. The molecule has 3 N–H and O–H groups in total. The molecule has 3 rings (SSSR count). The first-order valence-electron chi connectivity index (χ1n) is 7.29. The lowest BCUT2D eigenvalue weighted by Crippen LogP contribution is -2.18. The fourth-order valence-corrected chi connectivity index (χ4v) is 2.36. The quantitative estimate of drug-likeness (QED) is 0.510. The fraction of sp³-hybridized carbons (Fsp3) is 0.0556. The zero-order chi connectivity index (χ0) is 17.1. The average molecular weight is 321 g/mol. The van der Waals surface area contributed by atoms with Crippen LogP contribution in [0.3, 0.4) is 0 Å². The van der Waals surface area contributed by atoms with Crippen LogP contribution in [-0.2, 0) is 0 Å². The lowest BCUT2D eigenvalue weighted by Gasteiger charge is -2.03. The number of fused-ring (bicyclic) bond motifs is 1. The molecule has 1 amide bonds. The van der Waals surface area contributed by atoms with Gasteiger partial charge in [0.2, 0.25) is 0 Å². The van der Waals surface area contributed by atoms with Crippen molar-refractivity contribution in [1.82, 2.24) is 10.4 Å². The van der Waals surface area contributed by atoms with Crippen molar-refractivity contribution in [3.05, 3.63) is 75.6 Å². The molecular weight excluding hydrogens is 306 g/mol. The van der Waals surface area contributed by atoms with E-state index in [0.29, 0.717) is 22.0 Å². The highest BCUT2D eigenvalue weighted by atomic mass is 16.3. The number of hydrogen-bond donors (Lipinski definition) is 3. The van der Waals surface area contributed by atoms with E-state index in [-0.39, 0.29) is 11.2 Å². The number of nitrogens with zero attached hydrogens (tertiary/aromatic N) is 1. The van der Waals surface area contributed by atoms with Gasteiger partial charge in [-0.3, -0.25) is 9.59 Å². The van der Waals surface area contributed by atoms with Crippen LogP contribution in [-0.4, -0.2) is 22.2 Å². The maximum absolute atomic E-state index is 12.1. The number of phenols is 1. The number of H-pyrrole nitrogens is 1. The Morgan fingerprint density at radius 2 is 2.04 bits per heavy atom. The molecule has 6 heteroatoms. The van der Waals surface area contributed by atoms with E-state index in [9.17, 15) is 14.7 Å². The number of hydrogen-bond acceptors (Lipinski definition) is 4. The Balaban J connectivity index is 1.80. The van der Waals surface area contributed by atoms with Crippen LogP contribution >= 0.6 is 0 Å². The van der Waals surface area contributed by atoms with E-state index in [2.05, 4.69) is 15.5 Å². The summed E-state index contributed by atoms with van der Waals surface area (Å²) in [5.74, 6) is -0.303. The number of phenolic OH excluding ortho intramolecular Hbond substituents is 1. The highest BCUT2D eigenvalue weighted by Crippen LogP contribution is 2.11. The van der Waals surface area contributed by atoms with Gasteiger partial charge in [-0.25, -0.2) is 5.43 Å². The van der Waals surface area contributed by atoms with Gasteiger partial charge in [-0.2, -0.15) is 5.10 Å². The number of aryl methyl sites for hydroxylation is 1. The summed E-state index contributed by atoms with van der Waals surface area (Å²) in [6.07, 6.45) is 1.43. The molecule has 0 unspecified atom stereocenters. The van der Waals surface area contributed by atoms with Gasteiger partial charge in [-0.05, 0) is 42.8 Å². The molecule has 0 bridgehead atoms. The van der Waals surface area contributed by atoms with Crippen LogP contribution in [0.15, 0.2) is 58.4 Å². The van der Waals surface area contributed by atoms with E-state index in [1.165, 1.54) is 24.4 Å². The first-order chi connectivity index (χ1) is 11.5. The van der Waals surface area contributed by atoms with Crippen molar-refractivity contribution in [2.75, 3.05) is 0 Å². The molecular formula is C18H15N3O3. The number of hydrazone groups is 1. The van der Waals surface area contributed by atoms with Crippen LogP contribution in [0.2, 0.25) is 0 Å². The summed E-state index contributed by atoms with van der Waals surface area (Å²) in [5, 5.41) is 13.7. The number of aromatic hydroxyl groups is 1. The minimum atomic E-state index is -0.423. The monoisotopic (exact) mass is 321 g/mol. The van der Waals surface area contributed by atoms with Crippen LogP contribution in [0.25, 0.3) is 10.9 Å². The zero-order valence-corrected chi connectivity index (χ0v) is 12.9. The first-order valence-corrected chi connectivity index (χ1v) is 7.29. The Morgan fingerprint density at radius 3 is 2.83 bits per heavy atom. The molecule has 0 saturated heterocycles. The van der Waals surface area contributed by atoms with Gasteiger partial charge in [-0.1, -0.05) is 12.1 Å². The minimum Gasteiger partial charge on any atom is -0.508 e. The smallest absolute Gasteiger partial charge is 0.271 e. The molecule has 6 nitrogen and oxygen atoms in total. The largest absolute Gasteiger partial charge is 0.508 e. The predicted molar refractivity (Wildman–Crippen MR) is 92.5 cm³/mol. The summed E-state index contributed by atoms with van der Waals surface area (Å²) >= 11 is 0. The van der Waals surface area contributed by atoms with E-state index in [0.717, 1.165) is 5.69 Å². The van der Waals surface area contributed by atoms with E-state index in [4.69, 9.17) is 0 Å². The van der Waals surface area contributed by atoms with Gasteiger partial charge in [0.15, 0.2) is 5.43 Å². The fourth-order valence-electron chi connectivity index (χ4n) is 2.36. The normalized spacial score (nSPS) is 11.0. The Hall–Kier alpha value is -3.41. The third-order valence-corrected chi connectivity index (χ3v) is 3.48. The highest BCUT2D eigenvalue weighted by Gasteiger charge is 2.07. The second-order valence-electron chi connectivity index (χ2n) is 5.37. The van der Waals surface area contributed by atoms with Crippen LogP contribution in [0, 0.1) is 6.92 Å². The summed E-state index contributed by atoms with van der Waals surface area (Å²) < 4.78 is 0. The molecule has 0 aliphatic carbocycles. The molecule has 1 heterocycles. The molecule has 24 heavy (non-hydrogen) atoms. The molecule has 0 saturated carbocycles. The number of nitrogens with one attached hydrogen (secondary N) is 2. The van der Waals surface area contributed by atoms with Crippen LogP contribution < -0.4 is 10.9 Å². The molecule has 0 radical (unpaired) electrons. The minimum absolute atomic E-state index is 0.120. The van der Waals surface area contributed by atoms with E-state index in [1.54, 1.807) is 37.3 Å². The number of aromatic amines is 1. The lowest BCUT2D eigenvalue weighted by molar-refractivity contribution is 0.0955. The van der Waals surface area contributed by atoms with Crippen molar-refractivity contribution in [3.8, 4) is 5.75 Å². The van der Waals surface area contributed by atoms with Crippen molar-refractivity contribution in [1.29, 1.82) is 0 Å². The molecule has 0 fully saturated rings. The van der Waals surface area contributed by atoms with Crippen molar-refractivity contribution < 1.29 is 9.90 Å². The Bertz CT molecular complexity index is 1010. The van der Waals surface area contributed by atoms with Crippen LogP contribution in [0.1, 0.15) is 21.6 Å². The summed E-state index contributed by atoms with van der Waals surface area (Å²) in [4.78, 5) is 27.2. The topological polar surface area (TPSA) is 94.6 Å². The van der Waals surface area contributed by atoms with Gasteiger partial charge >= 0.3 is 0 Å². The molecule has 0 atom stereocenters. The molecule has 0 aliphatic heterocycles. The average Bonchev–Trinajstić information content (AvgIpc) is 2.54. The Kier molecular flexibility index (Phi) is 4.11.